The van der Waals surface area contributed by atoms with Gasteiger partial charge in [0.15, 0.2) is 11.5 Å². The van der Waals surface area contributed by atoms with Crippen molar-refractivity contribution >= 4 is 12.1 Å². The minimum absolute atomic E-state index is 0.0795. The average molecular weight is 312 g/mol. The lowest BCUT2D eigenvalue weighted by atomic mass is 10.1. The Labute approximate surface area is 135 Å². The molecule has 5 heteroatoms. The third-order valence-corrected chi connectivity index (χ3v) is 3.17. The third kappa shape index (κ3) is 5.47. The van der Waals surface area contributed by atoms with E-state index in [1.54, 1.807) is 12.1 Å². The van der Waals surface area contributed by atoms with Crippen LogP contribution in [0.3, 0.4) is 0 Å². The number of benzene rings is 2. The molecule has 0 unspecified atom stereocenters. The van der Waals surface area contributed by atoms with Gasteiger partial charge in [0.05, 0.1) is 12.8 Å². The van der Waals surface area contributed by atoms with E-state index in [0.29, 0.717) is 25.2 Å². The number of carbonyl (C=O) groups excluding carboxylic acids is 1. The van der Waals surface area contributed by atoms with E-state index in [1.165, 1.54) is 12.3 Å². The number of nitrogens with one attached hydrogen (secondary N) is 1. The summed E-state index contributed by atoms with van der Waals surface area (Å²) in [6, 6.07) is 14.7. The standard InChI is InChI=1S/C18H20N2O3/c1-2-23-17-12-15(8-10-16(17)21)13-19-20-18(22)11-9-14-6-4-3-5-7-14/h3-8,10,12-13,21H,2,9,11H2,1H3,(H,20,22)/b19-13-. The van der Waals surface area contributed by atoms with Gasteiger partial charge in [-0.3, -0.25) is 4.79 Å². The molecule has 0 radical (unpaired) electrons. The van der Waals surface area contributed by atoms with Crippen molar-refractivity contribution < 1.29 is 14.6 Å². The average Bonchev–Trinajstić information content (AvgIpc) is 2.57. The molecule has 120 valence electrons. The largest absolute Gasteiger partial charge is 0.504 e. The molecule has 0 aliphatic rings. The molecule has 2 N–H and O–H groups in total. The lowest BCUT2D eigenvalue weighted by Gasteiger charge is -2.06. The predicted octanol–water partition coefficient (Wildman–Crippen LogP) is 2.87. The zero-order chi connectivity index (χ0) is 16.5. The summed E-state index contributed by atoms with van der Waals surface area (Å²) in [7, 11) is 0. The second-order valence-electron chi connectivity index (χ2n) is 4.94. The highest BCUT2D eigenvalue weighted by Gasteiger charge is 2.03. The summed E-state index contributed by atoms with van der Waals surface area (Å²) in [4.78, 5) is 11.7. The minimum atomic E-state index is -0.145. The van der Waals surface area contributed by atoms with Gasteiger partial charge in [0, 0.05) is 6.42 Å². The van der Waals surface area contributed by atoms with Crippen LogP contribution in [-0.4, -0.2) is 23.8 Å². The van der Waals surface area contributed by atoms with E-state index in [0.717, 1.165) is 11.1 Å². The highest BCUT2D eigenvalue weighted by molar-refractivity contribution is 5.83. The molecule has 0 saturated heterocycles. The topological polar surface area (TPSA) is 70.9 Å². The molecule has 0 spiro atoms. The van der Waals surface area contributed by atoms with Crippen LogP contribution in [0.15, 0.2) is 53.6 Å². The van der Waals surface area contributed by atoms with E-state index >= 15 is 0 Å². The van der Waals surface area contributed by atoms with Gasteiger partial charge in [0.25, 0.3) is 0 Å². The first-order valence-corrected chi connectivity index (χ1v) is 7.50. The maximum absolute atomic E-state index is 11.7. The van der Waals surface area contributed by atoms with Crippen molar-refractivity contribution in [2.24, 2.45) is 5.10 Å². The number of aryl methyl sites for hydroxylation is 1. The van der Waals surface area contributed by atoms with Gasteiger partial charge in [-0.2, -0.15) is 5.10 Å². The van der Waals surface area contributed by atoms with E-state index in [2.05, 4.69) is 10.5 Å². The molecule has 23 heavy (non-hydrogen) atoms. The normalized spacial score (nSPS) is 10.7. The SMILES string of the molecule is CCOc1cc(/C=N\NC(=O)CCc2ccccc2)ccc1O. The zero-order valence-corrected chi connectivity index (χ0v) is 13.0. The lowest BCUT2D eigenvalue weighted by molar-refractivity contribution is -0.121. The van der Waals surface area contributed by atoms with Crippen molar-refractivity contribution in [3.05, 3.63) is 59.7 Å². The van der Waals surface area contributed by atoms with Crippen LogP contribution in [0, 0.1) is 0 Å². The zero-order valence-electron chi connectivity index (χ0n) is 13.0. The molecule has 0 fully saturated rings. The molecule has 0 aromatic heterocycles. The molecule has 0 aliphatic carbocycles. The Morgan fingerprint density at radius 2 is 2.04 bits per heavy atom. The van der Waals surface area contributed by atoms with Gasteiger partial charge in [0.1, 0.15) is 0 Å². The molecule has 1 amide bonds. The highest BCUT2D eigenvalue weighted by Crippen LogP contribution is 2.26. The monoisotopic (exact) mass is 312 g/mol. The molecule has 5 nitrogen and oxygen atoms in total. The van der Waals surface area contributed by atoms with E-state index in [4.69, 9.17) is 4.74 Å². The second kappa shape index (κ2) is 8.58. The summed E-state index contributed by atoms with van der Waals surface area (Å²) in [6.45, 7) is 2.30. The van der Waals surface area contributed by atoms with Crippen molar-refractivity contribution in [3.8, 4) is 11.5 Å². The number of aromatic hydroxyl groups is 1. The highest BCUT2D eigenvalue weighted by atomic mass is 16.5. The fraction of sp³-hybridized carbons (Fsp3) is 0.222. The number of phenols is 1. The van der Waals surface area contributed by atoms with Crippen LogP contribution in [0.5, 0.6) is 11.5 Å². The molecular weight excluding hydrogens is 292 g/mol. The second-order valence-corrected chi connectivity index (χ2v) is 4.94. The van der Waals surface area contributed by atoms with Gasteiger partial charge in [-0.25, -0.2) is 5.43 Å². The molecule has 0 bridgehead atoms. The number of ether oxygens (including phenoxy) is 1. The Morgan fingerprint density at radius 1 is 1.26 bits per heavy atom. The van der Waals surface area contributed by atoms with Gasteiger partial charge < -0.3 is 9.84 Å². The van der Waals surface area contributed by atoms with Gasteiger partial charge >= 0.3 is 0 Å². The van der Waals surface area contributed by atoms with Crippen LogP contribution in [-0.2, 0) is 11.2 Å². The van der Waals surface area contributed by atoms with Crippen molar-refractivity contribution in [3.63, 3.8) is 0 Å². The molecular formula is C18H20N2O3. The van der Waals surface area contributed by atoms with Crippen LogP contribution in [0.1, 0.15) is 24.5 Å². The van der Waals surface area contributed by atoms with Crippen LogP contribution < -0.4 is 10.2 Å². The summed E-state index contributed by atoms with van der Waals surface area (Å²) in [5.74, 6) is 0.330. The summed E-state index contributed by atoms with van der Waals surface area (Å²) in [6.07, 6.45) is 2.57. The van der Waals surface area contributed by atoms with E-state index < -0.39 is 0 Å². The predicted molar refractivity (Wildman–Crippen MR) is 89.8 cm³/mol. The van der Waals surface area contributed by atoms with Gasteiger partial charge in [-0.15, -0.1) is 0 Å². The maximum atomic E-state index is 11.7. The maximum Gasteiger partial charge on any atom is 0.240 e. The summed E-state index contributed by atoms with van der Waals surface area (Å²) in [5.41, 5.74) is 4.34. The summed E-state index contributed by atoms with van der Waals surface area (Å²) >= 11 is 0. The first-order chi connectivity index (χ1) is 11.2. The van der Waals surface area contributed by atoms with E-state index in [-0.39, 0.29) is 11.7 Å². The number of rotatable bonds is 7. The molecule has 0 heterocycles. The summed E-state index contributed by atoms with van der Waals surface area (Å²) in [5, 5.41) is 13.5. The van der Waals surface area contributed by atoms with Gasteiger partial charge in [-0.1, -0.05) is 30.3 Å². The fourth-order valence-electron chi connectivity index (χ4n) is 2.02. The van der Waals surface area contributed by atoms with Crippen molar-refractivity contribution in [1.29, 1.82) is 0 Å². The smallest absolute Gasteiger partial charge is 0.240 e. The lowest BCUT2D eigenvalue weighted by Crippen LogP contribution is -2.17. The Hall–Kier alpha value is -2.82. The Balaban J connectivity index is 1.84. The first kappa shape index (κ1) is 16.5. The number of nitrogens with zero attached hydrogens (tertiary/aromatic N) is 1. The van der Waals surface area contributed by atoms with Crippen LogP contribution in [0.25, 0.3) is 0 Å². The van der Waals surface area contributed by atoms with Gasteiger partial charge in [-0.05, 0) is 42.7 Å². The number of phenolic OH excluding ortho intramolecular Hbond substituents is 1. The number of amides is 1. The molecule has 0 aliphatic heterocycles. The Morgan fingerprint density at radius 3 is 2.78 bits per heavy atom. The summed E-state index contributed by atoms with van der Waals surface area (Å²) < 4.78 is 5.29. The molecule has 2 rings (SSSR count). The van der Waals surface area contributed by atoms with Crippen molar-refractivity contribution in [1.82, 2.24) is 5.43 Å². The molecule has 2 aromatic carbocycles. The quantitative estimate of drug-likeness (QED) is 0.610. The number of carbonyl (C=O) groups is 1. The number of hydrogen-bond acceptors (Lipinski definition) is 4. The number of hydrogen-bond donors (Lipinski definition) is 2. The van der Waals surface area contributed by atoms with E-state index in [9.17, 15) is 9.90 Å². The molecule has 0 saturated carbocycles. The van der Waals surface area contributed by atoms with Crippen molar-refractivity contribution in [2.75, 3.05) is 6.61 Å². The van der Waals surface area contributed by atoms with E-state index in [1.807, 2.05) is 37.3 Å². The van der Waals surface area contributed by atoms with Crippen LogP contribution in [0.4, 0.5) is 0 Å². The number of hydrazone groups is 1. The van der Waals surface area contributed by atoms with Gasteiger partial charge in [0.2, 0.25) is 5.91 Å². The molecule has 0 atom stereocenters. The molecule has 2 aromatic rings. The van der Waals surface area contributed by atoms with Crippen LogP contribution in [0.2, 0.25) is 0 Å². The third-order valence-electron chi connectivity index (χ3n) is 3.17. The van der Waals surface area contributed by atoms with Crippen molar-refractivity contribution in [2.45, 2.75) is 19.8 Å². The fourth-order valence-corrected chi connectivity index (χ4v) is 2.02. The Kier molecular flexibility index (Phi) is 6.17. The first-order valence-electron chi connectivity index (χ1n) is 7.50. The van der Waals surface area contributed by atoms with Crippen LogP contribution >= 0.6 is 0 Å². The minimum Gasteiger partial charge on any atom is -0.504 e. The Bertz CT molecular complexity index is 669.